The molecule has 0 bridgehead atoms. The second-order valence-corrected chi connectivity index (χ2v) is 6.88. The number of carbonyl (C=O) groups is 2. The number of nitrogens with zero attached hydrogens (tertiary/aromatic N) is 1. The number of aliphatic carboxylic acids is 1. The summed E-state index contributed by atoms with van der Waals surface area (Å²) in [5.41, 5.74) is 3.37. The molecular weight excluding hydrogens is 346 g/mol. The number of carboxylic acids is 2. The molecule has 3 aromatic rings. The highest BCUT2D eigenvalue weighted by Crippen LogP contribution is 2.33. The Labute approximate surface area is 156 Å². The van der Waals surface area contributed by atoms with Crippen LogP contribution in [-0.4, -0.2) is 31.8 Å². The van der Waals surface area contributed by atoms with Gasteiger partial charge in [0, 0.05) is 23.1 Å². The number of aromatic carboxylic acids is 1. The van der Waals surface area contributed by atoms with E-state index in [-0.39, 0.29) is 23.7 Å². The van der Waals surface area contributed by atoms with Crippen molar-refractivity contribution in [1.29, 1.82) is 0 Å². The second-order valence-electron chi connectivity index (χ2n) is 6.88. The van der Waals surface area contributed by atoms with Gasteiger partial charge in [0.15, 0.2) is 0 Å². The highest BCUT2D eigenvalue weighted by molar-refractivity contribution is 5.96. The Hall–Kier alpha value is -3.28. The number of aromatic hydroxyl groups is 1. The van der Waals surface area contributed by atoms with E-state index in [2.05, 4.69) is 0 Å². The zero-order valence-corrected chi connectivity index (χ0v) is 15.1. The summed E-state index contributed by atoms with van der Waals surface area (Å²) in [6, 6.07) is 11.6. The Morgan fingerprint density at radius 2 is 1.70 bits per heavy atom. The largest absolute Gasteiger partial charge is 0.508 e. The van der Waals surface area contributed by atoms with Gasteiger partial charge >= 0.3 is 11.9 Å². The topological polar surface area (TPSA) is 99.8 Å². The molecule has 0 unspecified atom stereocenters. The zero-order chi connectivity index (χ0) is 19.7. The van der Waals surface area contributed by atoms with Crippen molar-refractivity contribution in [3.8, 4) is 5.75 Å². The van der Waals surface area contributed by atoms with Crippen molar-refractivity contribution in [2.45, 2.75) is 32.7 Å². The highest BCUT2D eigenvalue weighted by Gasteiger charge is 2.22. The third kappa shape index (κ3) is 3.65. The second kappa shape index (κ2) is 7.15. The van der Waals surface area contributed by atoms with Gasteiger partial charge in [-0.15, -0.1) is 0 Å². The lowest BCUT2D eigenvalue weighted by molar-refractivity contribution is -0.136. The SMILES string of the molecule is CC(C)c1c(CC(=O)O)c2ccc(C(=O)O)cc2n1Cc1ccc(O)cc1. The molecule has 3 N–H and O–H groups in total. The molecular formula is C21H21NO5. The molecule has 1 heterocycles. The fourth-order valence-electron chi connectivity index (χ4n) is 3.53. The molecule has 1 aromatic heterocycles. The van der Waals surface area contributed by atoms with Crippen molar-refractivity contribution in [2.75, 3.05) is 0 Å². The van der Waals surface area contributed by atoms with Crippen molar-refractivity contribution in [3.05, 3.63) is 64.8 Å². The average molecular weight is 367 g/mol. The van der Waals surface area contributed by atoms with Gasteiger partial charge in [-0.1, -0.05) is 32.0 Å². The summed E-state index contributed by atoms with van der Waals surface area (Å²) in [5, 5.41) is 29.0. The quantitative estimate of drug-likeness (QED) is 0.615. The minimum atomic E-state index is -1.03. The maximum Gasteiger partial charge on any atom is 0.335 e. The summed E-state index contributed by atoms with van der Waals surface area (Å²) in [5.74, 6) is -1.74. The highest BCUT2D eigenvalue weighted by atomic mass is 16.4. The first-order valence-corrected chi connectivity index (χ1v) is 8.66. The molecule has 0 fully saturated rings. The first kappa shape index (κ1) is 18.5. The van der Waals surface area contributed by atoms with Crippen molar-refractivity contribution < 1.29 is 24.9 Å². The van der Waals surface area contributed by atoms with Crippen LogP contribution in [0.4, 0.5) is 0 Å². The fourth-order valence-corrected chi connectivity index (χ4v) is 3.53. The first-order valence-electron chi connectivity index (χ1n) is 8.66. The lowest BCUT2D eigenvalue weighted by atomic mass is 10.0. The maximum atomic E-state index is 11.4. The summed E-state index contributed by atoms with van der Waals surface area (Å²) in [4.78, 5) is 22.9. The summed E-state index contributed by atoms with van der Waals surface area (Å²) >= 11 is 0. The van der Waals surface area contributed by atoms with Crippen LogP contribution in [0.5, 0.6) is 5.75 Å². The van der Waals surface area contributed by atoms with E-state index in [1.807, 2.05) is 18.4 Å². The van der Waals surface area contributed by atoms with E-state index in [1.165, 1.54) is 6.07 Å². The molecule has 0 radical (unpaired) electrons. The van der Waals surface area contributed by atoms with Crippen LogP contribution in [-0.2, 0) is 17.8 Å². The van der Waals surface area contributed by atoms with Crippen LogP contribution in [0.25, 0.3) is 10.9 Å². The molecule has 0 atom stereocenters. The van der Waals surface area contributed by atoms with Gasteiger partial charge in [-0.05, 0) is 41.3 Å². The summed E-state index contributed by atoms with van der Waals surface area (Å²) in [6.07, 6.45) is -0.126. The van der Waals surface area contributed by atoms with Crippen molar-refractivity contribution in [3.63, 3.8) is 0 Å². The van der Waals surface area contributed by atoms with E-state index in [4.69, 9.17) is 0 Å². The molecule has 6 heteroatoms. The zero-order valence-electron chi connectivity index (χ0n) is 15.1. The van der Waals surface area contributed by atoms with Crippen molar-refractivity contribution >= 4 is 22.8 Å². The van der Waals surface area contributed by atoms with E-state index >= 15 is 0 Å². The minimum absolute atomic E-state index is 0.0529. The van der Waals surface area contributed by atoms with Gasteiger partial charge in [0.25, 0.3) is 0 Å². The fraction of sp³-hybridized carbons (Fsp3) is 0.238. The van der Waals surface area contributed by atoms with Gasteiger partial charge < -0.3 is 19.9 Å². The van der Waals surface area contributed by atoms with Gasteiger partial charge in [0.2, 0.25) is 0 Å². The maximum absolute atomic E-state index is 11.4. The number of fused-ring (bicyclic) bond motifs is 1. The number of phenols is 1. The van der Waals surface area contributed by atoms with Gasteiger partial charge in [-0.2, -0.15) is 0 Å². The minimum Gasteiger partial charge on any atom is -0.508 e. The number of rotatable bonds is 6. The Kier molecular flexibility index (Phi) is 4.90. The third-order valence-electron chi connectivity index (χ3n) is 4.61. The first-order chi connectivity index (χ1) is 12.8. The number of carboxylic acid groups (broad SMARTS) is 2. The van der Waals surface area contributed by atoms with E-state index in [1.54, 1.807) is 36.4 Å². The van der Waals surface area contributed by atoms with Crippen molar-refractivity contribution in [1.82, 2.24) is 4.57 Å². The smallest absolute Gasteiger partial charge is 0.335 e. The van der Waals surface area contributed by atoms with E-state index in [0.717, 1.165) is 16.6 Å². The molecule has 2 aromatic carbocycles. The average Bonchev–Trinajstić information content (AvgIpc) is 2.89. The Bertz CT molecular complexity index is 1020. The Balaban J connectivity index is 2.27. The van der Waals surface area contributed by atoms with Gasteiger partial charge in [0.1, 0.15) is 5.75 Å². The summed E-state index contributed by atoms with van der Waals surface area (Å²) in [6.45, 7) is 4.43. The number of aromatic nitrogens is 1. The van der Waals surface area contributed by atoms with Crippen LogP contribution in [0, 0.1) is 0 Å². The molecule has 0 amide bonds. The summed E-state index contributed by atoms with van der Waals surface area (Å²) < 4.78 is 1.98. The standard InChI is InChI=1S/C21H21NO5/c1-12(2)20-17(10-19(24)25)16-8-5-14(21(26)27)9-18(16)22(20)11-13-3-6-15(23)7-4-13/h3-9,12,23H,10-11H2,1-2H3,(H,24,25)(H,26,27). The summed E-state index contributed by atoms with van der Waals surface area (Å²) in [7, 11) is 0. The number of hydrogen-bond donors (Lipinski definition) is 3. The van der Waals surface area contributed by atoms with Crippen LogP contribution < -0.4 is 0 Å². The van der Waals surface area contributed by atoms with E-state index < -0.39 is 11.9 Å². The van der Waals surface area contributed by atoms with Crippen LogP contribution in [0.15, 0.2) is 42.5 Å². The molecule has 140 valence electrons. The van der Waals surface area contributed by atoms with Crippen LogP contribution in [0.2, 0.25) is 0 Å². The number of phenolic OH excluding ortho intramolecular Hbond substituents is 1. The molecule has 0 aliphatic carbocycles. The van der Waals surface area contributed by atoms with Gasteiger partial charge in [-0.25, -0.2) is 4.79 Å². The lowest BCUT2D eigenvalue weighted by Gasteiger charge is -2.15. The predicted octanol–water partition coefficient (Wildman–Crippen LogP) is 3.84. The molecule has 0 aliphatic rings. The molecule has 0 spiro atoms. The van der Waals surface area contributed by atoms with Crippen LogP contribution in [0.1, 0.15) is 46.9 Å². The van der Waals surface area contributed by atoms with Gasteiger partial charge in [0.05, 0.1) is 12.0 Å². The van der Waals surface area contributed by atoms with E-state index in [9.17, 15) is 24.9 Å². The lowest BCUT2D eigenvalue weighted by Crippen LogP contribution is -2.09. The molecule has 0 aliphatic heterocycles. The predicted molar refractivity (Wildman–Crippen MR) is 102 cm³/mol. The number of hydrogen-bond acceptors (Lipinski definition) is 3. The molecule has 6 nitrogen and oxygen atoms in total. The van der Waals surface area contributed by atoms with Gasteiger partial charge in [-0.3, -0.25) is 4.79 Å². The molecule has 27 heavy (non-hydrogen) atoms. The normalized spacial score (nSPS) is 11.2. The molecule has 0 saturated carbocycles. The monoisotopic (exact) mass is 367 g/mol. The Morgan fingerprint density at radius 1 is 1.04 bits per heavy atom. The van der Waals surface area contributed by atoms with Crippen LogP contribution in [0.3, 0.4) is 0 Å². The van der Waals surface area contributed by atoms with Crippen molar-refractivity contribution in [2.24, 2.45) is 0 Å². The van der Waals surface area contributed by atoms with Crippen LogP contribution >= 0.6 is 0 Å². The molecule has 0 saturated heterocycles. The Morgan fingerprint density at radius 3 is 2.26 bits per heavy atom. The molecule has 3 rings (SSSR count). The van der Waals surface area contributed by atoms with E-state index in [0.29, 0.717) is 17.6 Å². The number of benzene rings is 2. The third-order valence-corrected chi connectivity index (χ3v) is 4.61.